The molecule has 0 aromatic carbocycles. The van der Waals surface area contributed by atoms with E-state index in [-0.39, 0.29) is 11.3 Å². The summed E-state index contributed by atoms with van der Waals surface area (Å²) in [7, 11) is 0. The van der Waals surface area contributed by atoms with Crippen molar-refractivity contribution in [2.45, 2.75) is 6.43 Å². The third-order valence-electron chi connectivity index (χ3n) is 1.77. The summed E-state index contributed by atoms with van der Waals surface area (Å²) in [4.78, 5) is 24.3. The molecule has 1 aromatic heterocycles. The molecule has 1 heterocycles. The van der Waals surface area contributed by atoms with E-state index in [9.17, 15) is 23.7 Å². The van der Waals surface area contributed by atoms with Crippen LogP contribution in [0, 0.1) is 10.1 Å². The first-order valence-electron chi connectivity index (χ1n) is 4.38. The van der Waals surface area contributed by atoms with Crippen LogP contribution in [-0.2, 0) is 0 Å². The number of nitro groups is 1. The fraction of sp³-hybridized carbons (Fsp3) is 0.250. The van der Waals surface area contributed by atoms with Crippen LogP contribution in [0.1, 0.15) is 10.4 Å². The van der Waals surface area contributed by atoms with Crippen LogP contribution in [-0.4, -0.2) is 28.8 Å². The second kappa shape index (κ2) is 5.14. The van der Waals surface area contributed by atoms with E-state index in [1.807, 2.05) is 5.32 Å². The summed E-state index contributed by atoms with van der Waals surface area (Å²) < 4.78 is 23.7. The molecule has 7 nitrogen and oxygen atoms in total. The number of rotatable bonds is 4. The summed E-state index contributed by atoms with van der Waals surface area (Å²) in [6.45, 7) is -0.853. The minimum Gasteiger partial charge on any atom is -0.395 e. The highest BCUT2D eigenvalue weighted by atomic mass is 19.3. The minimum absolute atomic E-state index is 0.123. The molecular weight excluding hydrogens is 238 g/mol. The highest BCUT2D eigenvalue weighted by molar-refractivity contribution is 5.99. The average Bonchev–Trinajstić information content (AvgIpc) is 2.26. The number of hydrogen-bond acceptors (Lipinski definition) is 5. The van der Waals surface area contributed by atoms with Gasteiger partial charge in [0.1, 0.15) is 0 Å². The number of anilines is 1. The number of nitrogen functional groups attached to an aromatic ring is 1. The molecule has 1 aromatic rings. The molecule has 92 valence electrons. The molecule has 3 N–H and O–H groups in total. The fourth-order valence-electron chi connectivity index (χ4n) is 1.02. The monoisotopic (exact) mass is 246 g/mol. The van der Waals surface area contributed by atoms with E-state index in [2.05, 4.69) is 4.98 Å². The molecule has 9 heteroatoms. The SMILES string of the molecule is Nc1cnc([N+](=O)[O-])cc1C(=O)NCC(F)F. The smallest absolute Gasteiger partial charge is 0.364 e. The van der Waals surface area contributed by atoms with Gasteiger partial charge < -0.3 is 21.2 Å². The third kappa shape index (κ3) is 3.33. The molecule has 0 saturated carbocycles. The normalized spacial score (nSPS) is 10.3. The summed E-state index contributed by atoms with van der Waals surface area (Å²) in [5.41, 5.74) is 4.98. The zero-order valence-electron chi connectivity index (χ0n) is 8.39. The lowest BCUT2D eigenvalue weighted by atomic mass is 10.2. The molecule has 0 radical (unpaired) electrons. The first kappa shape index (κ1) is 12.7. The Kier molecular flexibility index (Phi) is 3.86. The van der Waals surface area contributed by atoms with Crippen LogP contribution >= 0.6 is 0 Å². The van der Waals surface area contributed by atoms with E-state index >= 15 is 0 Å². The van der Waals surface area contributed by atoms with Crippen molar-refractivity contribution in [3.63, 3.8) is 0 Å². The van der Waals surface area contributed by atoms with Crippen molar-refractivity contribution in [1.82, 2.24) is 10.3 Å². The molecule has 0 aliphatic heterocycles. The Morgan fingerprint density at radius 1 is 1.65 bits per heavy atom. The molecule has 0 unspecified atom stereocenters. The van der Waals surface area contributed by atoms with Crippen LogP contribution in [0.3, 0.4) is 0 Å². The lowest BCUT2D eigenvalue weighted by Crippen LogP contribution is -2.29. The van der Waals surface area contributed by atoms with Gasteiger partial charge in [-0.05, 0) is 9.91 Å². The van der Waals surface area contributed by atoms with Gasteiger partial charge in [-0.25, -0.2) is 8.78 Å². The molecule has 0 aliphatic carbocycles. The maximum absolute atomic E-state index is 11.9. The summed E-state index contributed by atoms with van der Waals surface area (Å²) >= 11 is 0. The predicted octanol–water partition coefficient (Wildman–Crippen LogP) is 0.567. The van der Waals surface area contributed by atoms with Crippen LogP contribution in [0.2, 0.25) is 0 Å². The second-order valence-corrected chi connectivity index (χ2v) is 2.99. The maximum atomic E-state index is 11.9. The Morgan fingerprint density at radius 3 is 2.82 bits per heavy atom. The van der Waals surface area contributed by atoms with Crippen LogP contribution in [0.5, 0.6) is 0 Å². The second-order valence-electron chi connectivity index (χ2n) is 2.99. The Morgan fingerprint density at radius 2 is 2.29 bits per heavy atom. The van der Waals surface area contributed by atoms with Crippen LogP contribution in [0.25, 0.3) is 0 Å². The van der Waals surface area contributed by atoms with Gasteiger partial charge in [-0.3, -0.25) is 4.79 Å². The van der Waals surface area contributed by atoms with Crippen molar-refractivity contribution in [3.05, 3.63) is 27.9 Å². The van der Waals surface area contributed by atoms with Crippen LogP contribution in [0.15, 0.2) is 12.3 Å². The largest absolute Gasteiger partial charge is 0.395 e. The number of nitrogens with zero attached hydrogens (tertiary/aromatic N) is 2. The third-order valence-corrected chi connectivity index (χ3v) is 1.77. The van der Waals surface area contributed by atoms with E-state index < -0.39 is 29.6 Å². The van der Waals surface area contributed by atoms with E-state index in [0.717, 1.165) is 12.3 Å². The van der Waals surface area contributed by atoms with Gasteiger partial charge in [0, 0.05) is 0 Å². The first-order chi connectivity index (χ1) is 7.91. The molecule has 1 amide bonds. The van der Waals surface area contributed by atoms with Crippen molar-refractivity contribution < 1.29 is 18.5 Å². The lowest BCUT2D eigenvalue weighted by molar-refractivity contribution is -0.389. The molecule has 17 heavy (non-hydrogen) atoms. The molecule has 0 fully saturated rings. The van der Waals surface area contributed by atoms with Crippen LogP contribution in [0.4, 0.5) is 20.3 Å². The highest BCUT2D eigenvalue weighted by Crippen LogP contribution is 2.16. The van der Waals surface area contributed by atoms with Crippen molar-refractivity contribution in [1.29, 1.82) is 0 Å². The molecular formula is C8H8F2N4O3. The molecule has 0 aliphatic rings. The minimum atomic E-state index is -2.71. The average molecular weight is 246 g/mol. The Labute approximate surface area is 93.8 Å². The topological polar surface area (TPSA) is 111 Å². The zero-order valence-corrected chi connectivity index (χ0v) is 8.39. The van der Waals surface area contributed by atoms with E-state index in [1.54, 1.807) is 0 Å². The van der Waals surface area contributed by atoms with Crippen molar-refractivity contribution >= 4 is 17.4 Å². The number of nitrogens with one attached hydrogen (secondary N) is 1. The number of halogens is 2. The van der Waals surface area contributed by atoms with E-state index in [4.69, 9.17) is 5.73 Å². The van der Waals surface area contributed by atoms with Gasteiger partial charge in [0.15, 0.2) is 6.20 Å². The van der Waals surface area contributed by atoms with Gasteiger partial charge in [0.25, 0.3) is 12.3 Å². The molecule has 0 saturated heterocycles. The van der Waals surface area contributed by atoms with E-state index in [1.165, 1.54) is 0 Å². The molecule has 0 bridgehead atoms. The lowest BCUT2D eigenvalue weighted by Gasteiger charge is -2.05. The molecule has 0 atom stereocenters. The van der Waals surface area contributed by atoms with Gasteiger partial charge in [-0.1, -0.05) is 0 Å². The number of nitrogens with two attached hydrogens (primary N) is 1. The van der Waals surface area contributed by atoms with Crippen molar-refractivity contribution in [2.75, 3.05) is 12.3 Å². The van der Waals surface area contributed by atoms with Gasteiger partial charge in [0.05, 0.1) is 23.9 Å². The molecule has 1 rings (SSSR count). The Hall–Kier alpha value is -2.32. The summed E-state index contributed by atoms with van der Waals surface area (Å²) in [5, 5.41) is 12.3. The number of hydrogen-bond donors (Lipinski definition) is 2. The number of aromatic nitrogens is 1. The van der Waals surface area contributed by atoms with Gasteiger partial charge in [0.2, 0.25) is 0 Å². The van der Waals surface area contributed by atoms with Crippen molar-refractivity contribution in [3.8, 4) is 0 Å². The predicted molar refractivity (Wildman–Crippen MR) is 53.6 cm³/mol. The number of pyridine rings is 1. The van der Waals surface area contributed by atoms with Crippen LogP contribution < -0.4 is 11.1 Å². The Bertz CT molecular complexity index is 452. The summed E-state index contributed by atoms with van der Waals surface area (Å²) in [6.07, 6.45) is -1.79. The van der Waals surface area contributed by atoms with Gasteiger partial charge in [-0.15, -0.1) is 0 Å². The standard InChI is InChI=1S/C8H8F2N4O3/c9-6(10)3-13-8(15)4-1-7(14(16)17)12-2-5(4)11/h1-2,6H,3,11H2,(H,13,15). The van der Waals surface area contributed by atoms with Crippen molar-refractivity contribution in [2.24, 2.45) is 0 Å². The first-order valence-corrected chi connectivity index (χ1v) is 4.38. The number of alkyl halides is 2. The number of amides is 1. The number of carbonyl (C=O) groups excluding carboxylic acids is 1. The van der Waals surface area contributed by atoms with Gasteiger partial charge in [-0.2, -0.15) is 0 Å². The maximum Gasteiger partial charge on any atom is 0.364 e. The van der Waals surface area contributed by atoms with E-state index in [0.29, 0.717) is 0 Å². The summed E-state index contributed by atoms with van der Waals surface area (Å²) in [6, 6.07) is 0.830. The fourth-order valence-corrected chi connectivity index (χ4v) is 1.02. The quantitative estimate of drug-likeness (QED) is 0.595. The van der Waals surface area contributed by atoms with Gasteiger partial charge >= 0.3 is 5.82 Å². The summed E-state index contributed by atoms with van der Waals surface area (Å²) in [5.74, 6) is -1.49. The number of carbonyl (C=O) groups is 1. The highest BCUT2D eigenvalue weighted by Gasteiger charge is 2.17. The zero-order chi connectivity index (χ0) is 13.0. The Balaban J connectivity index is 2.92. The molecule has 0 spiro atoms.